The van der Waals surface area contributed by atoms with Gasteiger partial charge in [-0.25, -0.2) is 8.42 Å². The number of rotatable bonds is 6. The number of carbonyl (C=O) groups excluding carboxylic acids is 1. The molecule has 12 heteroatoms. The number of carbonyl (C=O) groups is 1. The molecule has 0 unspecified atom stereocenters. The Bertz CT molecular complexity index is 1630. The van der Waals surface area contributed by atoms with Crippen LogP contribution in [0.5, 0.6) is 0 Å². The number of sulfonamides is 1. The highest BCUT2D eigenvalue weighted by Gasteiger charge is 2.41. The van der Waals surface area contributed by atoms with Gasteiger partial charge >= 0.3 is 6.18 Å². The fraction of sp³-hybridized carbons (Fsp3) is 0.231. The maximum Gasteiger partial charge on any atom is 0.416 e. The Morgan fingerprint density at radius 2 is 1.79 bits per heavy atom. The maximum atomic E-state index is 13.3. The van der Waals surface area contributed by atoms with Crippen molar-refractivity contribution in [2.24, 2.45) is 0 Å². The Kier molecular flexibility index (Phi) is 6.61. The zero-order chi connectivity index (χ0) is 27.1. The predicted octanol–water partition coefficient (Wildman–Crippen LogP) is 4.07. The summed E-state index contributed by atoms with van der Waals surface area (Å²) in [5.41, 5.74) is -0.137. The average molecular weight is 546 g/mol. The molecule has 5 rings (SSSR count). The van der Waals surface area contributed by atoms with Crippen molar-refractivity contribution in [3.05, 3.63) is 94.4 Å². The topological polar surface area (TPSA) is 102 Å². The van der Waals surface area contributed by atoms with E-state index >= 15 is 0 Å². The van der Waals surface area contributed by atoms with Crippen LogP contribution in [0.1, 0.15) is 24.0 Å². The molecule has 1 N–H and O–H groups in total. The van der Waals surface area contributed by atoms with Gasteiger partial charge < -0.3 is 9.73 Å². The van der Waals surface area contributed by atoms with Crippen molar-refractivity contribution < 1.29 is 30.8 Å². The Labute approximate surface area is 215 Å². The molecule has 4 aromatic rings. The fourth-order valence-corrected chi connectivity index (χ4v) is 6.05. The highest BCUT2D eigenvalue weighted by molar-refractivity contribution is 7.89. The molecule has 1 fully saturated rings. The molecule has 198 valence electrons. The van der Waals surface area contributed by atoms with Crippen LogP contribution >= 0.6 is 0 Å². The van der Waals surface area contributed by atoms with Crippen LogP contribution < -0.4 is 10.9 Å². The van der Waals surface area contributed by atoms with Gasteiger partial charge in [0.25, 0.3) is 15.6 Å². The van der Waals surface area contributed by atoms with Crippen molar-refractivity contribution in [3.63, 3.8) is 0 Å². The summed E-state index contributed by atoms with van der Waals surface area (Å²) in [6.07, 6.45) is -2.25. The maximum absolute atomic E-state index is 13.3. The molecule has 38 heavy (non-hydrogen) atoms. The Hall–Kier alpha value is -3.90. The third-order valence-corrected chi connectivity index (χ3v) is 8.15. The van der Waals surface area contributed by atoms with Crippen molar-refractivity contribution in [2.45, 2.75) is 36.7 Å². The molecule has 8 nitrogen and oxygen atoms in total. The van der Waals surface area contributed by atoms with Crippen molar-refractivity contribution in [3.8, 4) is 5.69 Å². The number of pyridine rings is 1. The monoisotopic (exact) mass is 545 g/mol. The second kappa shape index (κ2) is 9.76. The van der Waals surface area contributed by atoms with Crippen molar-refractivity contribution in [2.75, 3.05) is 6.54 Å². The first kappa shape index (κ1) is 25.7. The van der Waals surface area contributed by atoms with Crippen molar-refractivity contribution in [1.29, 1.82) is 0 Å². The quantitative estimate of drug-likeness (QED) is 0.394. The number of nitrogens with one attached hydrogen (secondary N) is 1. The van der Waals surface area contributed by atoms with Crippen LogP contribution in [0.15, 0.2) is 87.2 Å². The molecule has 0 aliphatic carbocycles. The summed E-state index contributed by atoms with van der Waals surface area (Å²) in [5, 5.41) is 3.11. The lowest BCUT2D eigenvalue weighted by atomic mass is 10.2. The molecule has 1 atom stereocenters. The third kappa shape index (κ3) is 4.96. The summed E-state index contributed by atoms with van der Waals surface area (Å²) < 4.78 is 72.9. The second-order valence-electron chi connectivity index (χ2n) is 8.89. The number of para-hydroxylation sites is 1. The minimum Gasteiger partial charge on any atom is -0.443 e. The van der Waals surface area contributed by atoms with Crippen molar-refractivity contribution in [1.82, 2.24) is 14.2 Å². The predicted molar refractivity (Wildman–Crippen MR) is 132 cm³/mol. The molecule has 0 radical (unpaired) electrons. The number of fused-ring (bicyclic) bond motifs is 1. The number of hydrogen-bond acceptors (Lipinski definition) is 5. The molecule has 1 amide bonds. The molecule has 3 heterocycles. The normalized spacial score (nSPS) is 16.7. The van der Waals surface area contributed by atoms with Crippen molar-refractivity contribution >= 4 is 26.9 Å². The number of amides is 1. The summed E-state index contributed by atoms with van der Waals surface area (Å²) in [6, 6.07) is 14.3. The van der Waals surface area contributed by atoms with Crippen LogP contribution in [0.2, 0.25) is 0 Å². The number of hydrogen-bond donors (Lipinski definition) is 1. The molecule has 2 aromatic carbocycles. The molecule has 0 spiro atoms. The summed E-state index contributed by atoms with van der Waals surface area (Å²) in [4.78, 5) is 25.3. The van der Waals surface area contributed by atoms with Gasteiger partial charge in [0.05, 0.1) is 5.56 Å². The summed E-state index contributed by atoms with van der Waals surface area (Å²) in [5.74, 6) is -0.505. The van der Waals surface area contributed by atoms with E-state index in [0.717, 1.165) is 16.4 Å². The Morgan fingerprint density at radius 3 is 2.50 bits per heavy atom. The van der Waals surface area contributed by atoms with Crippen LogP contribution in [-0.2, 0) is 27.5 Å². The number of furan rings is 1. The summed E-state index contributed by atoms with van der Waals surface area (Å²) in [7, 11) is -4.06. The molecular weight excluding hydrogens is 523 g/mol. The van der Waals surface area contributed by atoms with Gasteiger partial charge in [-0.05, 0) is 48.7 Å². The molecular formula is C26H22F3N3O5S. The lowest BCUT2D eigenvalue weighted by molar-refractivity contribution is -0.137. The van der Waals surface area contributed by atoms with Gasteiger partial charge in [0, 0.05) is 42.5 Å². The molecule has 0 bridgehead atoms. The van der Waals surface area contributed by atoms with E-state index in [2.05, 4.69) is 5.32 Å². The number of aromatic nitrogens is 1. The second-order valence-corrected chi connectivity index (χ2v) is 10.7. The SMILES string of the molecule is O=C(NCc1ccc(=O)n(-c2ccc(C(F)(F)F)cc2)c1)[C@@H]1CCCN1S(=O)(=O)c1cc2ccccc2o1. The number of alkyl halides is 3. The van der Waals surface area contributed by atoms with E-state index in [9.17, 15) is 31.2 Å². The van der Waals surface area contributed by atoms with Crippen LogP contribution in [0.25, 0.3) is 16.7 Å². The van der Waals surface area contributed by atoms with E-state index in [0.29, 0.717) is 29.4 Å². The smallest absolute Gasteiger partial charge is 0.416 e. The molecule has 1 aliphatic heterocycles. The van der Waals surface area contributed by atoms with E-state index in [4.69, 9.17) is 4.42 Å². The fourth-order valence-electron chi connectivity index (χ4n) is 4.45. The number of halogens is 3. The van der Waals surface area contributed by atoms with Gasteiger partial charge in [0.15, 0.2) is 0 Å². The highest BCUT2D eigenvalue weighted by Crippen LogP contribution is 2.31. The number of nitrogens with zero attached hydrogens (tertiary/aromatic N) is 2. The van der Waals surface area contributed by atoms with Gasteiger partial charge in [-0.2, -0.15) is 17.5 Å². The van der Waals surface area contributed by atoms with E-state index in [1.807, 2.05) is 0 Å². The minimum absolute atomic E-state index is 0.0191. The van der Waals surface area contributed by atoms with Crippen LogP contribution in [0, 0.1) is 0 Å². The molecule has 1 saturated heterocycles. The lowest BCUT2D eigenvalue weighted by Gasteiger charge is -2.22. The third-order valence-electron chi connectivity index (χ3n) is 6.38. The van der Waals surface area contributed by atoms with Gasteiger partial charge in [0.1, 0.15) is 11.6 Å². The summed E-state index contributed by atoms with van der Waals surface area (Å²) in [6.45, 7) is 0.144. The van der Waals surface area contributed by atoms with Gasteiger partial charge in [-0.1, -0.05) is 24.3 Å². The van der Waals surface area contributed by atoms with Gasteiger partial charge in [-0.3, -0.25) is 14.2 Å². The molecule has 2 aromatic heterocycles. The van der Waals surface area contributed by atoms with Gasteiger partial charge in [0.2, 0.25) is 11.0 Å². The molecule has 1 aliphatic rings. The van der Waals surface area contributed by atoms with E-state index in [1.165, 1.54) is 41.1 Å². The zero-order valence-electron chi connectivity index (χ0n) is 19.8. The first-order chi connectivity index (χ1) is 18.0. The zero-order valence-corrected chi connectivity index (χ0v) is 20.6. The van der Waals surface area contributed by atoms with E-state index in [1.54, 1.807) is 24.3 Å². The standard InChI is InChI=1S/C26H22F3N3O5S/c27-26(28,29)19-8-10-20(11-9-19)31-16-17(7-12-23(31)33)15-30-25(34)21-5-3-13-32(21)38(35,36)24-14-18-4-1-2-6-22(18)37-24/h1-2,4,6-12,14,16,21H,3,5,13,15H2,(H,30,34)/t21-/m0/s1. The van der Waals surface area contributed by atoms with Crippen LogP contribution in [0.4, 0.5) is 13.2 Å². The summed E-state index contributed by atoms with van der Waals surface area (Å²) >= 11 is 0. The van der Waals surface area contributed by atoms with Crippen LogP contribution in [0.3, 0.4) is 0 Å². The highest BCUT2D eigenvalue weighted by atomic mass is 32.2. The van der Waals surface area contributed by atoms with E-state index < -0.39 is 39.3 Å². The minimum atomic E-state index is -4.50. The Morgan fingerprint density at radius 1 is 1.05 bits per heavy atom. The first-order valence-electron chi connectivity index (χ1n) is 11.7. The Balaban J connectivity index is 1.31. The largest absolute Gasteiger partial charge is 0.443 e. The average Bonchev–Trinajstić information content (AvgIpc) is 3.56. The first-order valence-corrected chi connectivity index (χ1v) is 13.2. The van der Waals surface area contributed by atoms with E-state index in [-0.39, 0.29) is 23.9 Å². The number of benzene rings is 2. The van der Waals surface area contributed by atoms with Gasteiger partial charge in [-0.15, -0.1) is 0 Å². The lowest BCUT2D eigenvalue weighted by Crippen LogP contribution is -2.45. The molecule has 0 saturated carbocycles. The van der Waals surface area contributed by atoms with Crippen LogP contribution in [-0.4, -0.2) is 35.8 Å².